The molecule has 0 aliphatic carbocycles. The Morgan fingerprint density at radius 2 is 1.80 bits per heavy atom. The summed E-state index contributed by atoms with van der Waals surface area (Å²) in [6.45, 7) is 11.2. The first-order valence-electron chi connectivity index (χ1n) is 7.08. The van der Waals surface area contributed by atoms with Crippen LogP contribution in [0.4, 0.5) is 0 Å². The molecule has 0 saturated heterocycles. The average Bonchev–Trinajstić information content (AvgIpc) is 2.43. The van der Waals surface area contributed by atoms with Gasteiger partial charge in [-0.15, -0.1) is 0 Å². The lowest BCUT2D eigenvalue weighted by molar-refractivity contribution is 0.637. The van der Waals surface area contributed by atoms with Crippen LogP contribution in [0.1, 0.15) is 35.2 Å². The van der Waals surface area contributed by atoms with Gasteiger partial charge in [0.1, 0.15) is 0 Å². The summed E-state index contributed by atoms with van der Waals surface area (Å²) >= 11 is 0. The highest BCUT2D eigenvalue weighted by atomic mass is 14.9. The van der Waals surface area contributed by atoms with Crippen molar-refractivity contribution in [1.82, 2.24) is 5.32 Å². The van der Waals surface area contributed by atoms with E-state index in [1.165, 1.54) is 22.3 Å². The van der Waals surface area contributed by atoms with E-state index in [2.05, 4.69) is 81.2 Å². The molecule has 1 nitrogen and oxygen atoms in total. The topological polar surface area (TPSA) is 12.0 Å². The van der Waals surface area contributed by atoms with Gasteiger partial charge in [0.15, 0.2) is 0 Å². The fourth-order valence-corrected chi connectivity index (χ4v) is 2.40. The first kappa shape index (κ1) is 14.5. The summed E-state index contributed by atoms with van der Waals surface area (Å²) in [6, 6.07) is 17.5. The summed E-state index contributed by atoms with van der Waals surface area (Å²) in [5, 5.41) is 3.62. The number of hydrogen-bond acceptors (Lipinski definition) is 1. The van der Waals surface area contributed by atoms with Crippen molar-refractivity contribution in [2.24, 2.45) is 0 Å². The Morgan fingerprint density at radius 1 is 1.10 bits per heavy atom. The maximum Gasteiger partial charge on any atom is 0.0581 e. The summed E-state index contributed by atoms with van der Waals surface area (Å²) in [7, 11) is 0. The summed E-state index contributed by atoms with van der Waals surface area (Å²) in [4.78, 5) is 0. The molecular weight excluding hydrogens is 242 g/mol. The molecule has 0 saturated carbocycles. The van der Waals surface area contributed by atoms with Gasteiger partial charge in [-0.2, -0.15) is 0 Å². The Balaban J connectivity index is 2.40. The van der Waals surface area contributed by atoms with E-state index in [0.717, 1.165) is 12.1 Å². The van der Waals surface area contributed by atoms with Crippen molar-refractivity contribution in [3.8, 4) is 0 Å². The van der Waals surface area contributed by atoms with E-state index >= 15 is 0 Å². The van der Waals surface area contributed by atoms with Crippen LogP contribution in [-0.2, 0) is 0 Å². The van der Waals surface area contributed by atoms with Crippen LogP contribution in [0.2, 0.25) is 0 Å². The predicted molar refractivity (Wildman–Crippen MR) is 87.0 cm³/mol. The van der Waals surface area contributed by atoms with Crippen molar-refractivity contribution in [2.45, 2.75) is 26.8 Å². The zero-order valence-corrected chi connectivity index (χ0v) is 12.6. The fourth-order valence-electron chi connectivity index (χ4n) is 2.40. The average molecular weight is 265 g/mol. The second-order valence-electron chi connectivity index (χ2n) is 5.54. The number of rotatable bonds is 5. The lowest BCUT2D eigenvalue weighted by Crippen LogP contribution is -2.24. The van der Waals surface area contributed by atoms with Crippen molar-refractivity contribution in [3.63, 3.8) is 0 Å². The molecule has 0 amide bonds. The van der Waals surface area contributed by atoms with E-state index in [9.17, 15) is 0 Å². The van der Waals surface area contributed by atoms with Crippen molar-refractivity contribution in [1.29, 1.82) is 0 Å². The van der Waals surface area contributed by atoms with Crippen molar-refractivity contribution < 1.29 is 0 Å². The van der Waals surface area contributed by atoms with Crippen LogP contribution in [0.3, 0.4) is 0 Å². The molecule has 0 aliphatic rings. The minimum Gasteiger partial charge on any atom is -0.302 e. The lowest BCUT2D eigenvalue weighted by atomic mass is 9.93. The van der Waals surface area contributed by atoms with Crippen LogP contribution in [0.15, 0.2) is 60.7 Å². The van der Waals surface area contributed by atoms with Crippen LogP contribution >= 0.6 is 0 Å². The predicted octanol–water partition coefficient (Wildman–Crippen LogP) is 4.56. The molecule has 0 bridgehead atoms. The first-order chi connectivity index (χ1) is 9.58. The molecule has 1 N–H and O–H groups in total. The van der Waals surface area contributed by atoms with Crippen LogP contribution in [0.25, 0.3) is 0 Å². The van der Waals surface area contributed by atoms with Crippen molar-refractivity contribution in [2.75, 3.05) is 6.54 Å². The quantitative estimate of drug-likeness (QED) is 0.782. The van der Waals surface area contributed by atoms with Crippen molar-refractivity contribution >= 4 is 0 Å². The van der Waals surface area contributed by atoms with Gasteiger partial charge in [0, 0.05) is 6.54 Å². The number of hydrogen-bond donors (Lipinski definition) is 1. The number of benzene rings is 2. The number of nitrogens with one attached hydrogen (secondary N) is 1. The summed E-state index contributed by atoms with van der Waals surface area (Å²) in [5.41, 5.74) is 6.40. The summed E-state index contributed by atoms with van der Waals surface area (Å²) < 4.78 is 0. The molecule has 0 aliphatic heterocycles. The van der Waals surface area contributed by atoms with Crippen LogP contribution in [0, 0.1) is 13.8 Å². The monoisotopic (exact) mass is 265 g/mol. The third-order valence-electron chi connectivity index (χ3n) is 3.49. The van der Waals surface area contributed by atoms with Gasteiger partial charge in [0.25, 0.3) is 0 Å². The Bertz CT molecular complexity index is 584. The smallest absolute Gasteiger partial charge is 0.0581 e. The highest BCUT2D eigenvalue weighted by molar-refractivity contribution is 5.39. The van der Waals surface area contributed by atoms with Crippen LogP contribution < -0.4 is 5.32 Å². The molecule has 0 radical (unpaired) electrons. The maximum atomic E-state index is 3.99. The Kier molecular flexibility index (Phi) is 4.75. The third-order valence-corrected chi connectivity index (χ3v) is 3.49. The van der Waals surface area contributed by atoms with Gasteiger partial charge in [-0.05, 0) is 37.5 Å². The zero-order chi connectivity index (χ0) is 14.5. The Morgan fingerprint density at radius 3 is 2.45 bits per heavy atom. The zero-order valence-electron chi connectivity index (χ0n) is 12.6. The Labute approximate surface area is 122 Å². The molecule has 20 heavy (non-hydrogen) atoms. The molecule has 1 atom stereocenters. The van der Waals surface area contributed by atoms with E-state index in [-0.39, 0.29) is 6.04 Å². The van der Waals surface area contributed by atoms with E-state index < -0.39 is 0 Å². The van der Waals surface area contributed by atoms with E-state index in [0.29, 0.717) is 0 Å². The minimum atomic E-state index is 0.216. The molecule has 0 spiro atoms. The maximum absolute atomic E-state index is 3.99. The molecule has 2 rings (SSSR count). The SMILES string of the molecule is C=C(C)CNC(c1ccccc1)c1cc(C)ccc1C. The second kappa shape index (κ2) is 6.53. The van der Waals surface area contributed by atoms with Gasteiger partial charge in [-0.1, -0.05) is 66.2 Å². The lowest BCUT2D eigenvalue weighted by Gasteiger charge is -2.22. The van der Waals surface area contributed by atoms with Crippen LogP contribution in [0.5, 0.6) is 0 Å². The Hall–Kier alpha value is -1.86. The van der Waals surface area contributed by atoms with E-state index in [1.54, 1.807) is 0 Å². The van der Waals surface area contributed by atoms with Gasteiger partial charge in [0.05, 0.1) is 6.04 Å². The van der Waals surface area contributed by atoms with E-state index in [4.69, 9.17) is 0 Å². The van der Waals surface area contributed by atoms with Crippen LogP contribution in [-0.4, -0.2) is 6.54 Å². The molecule has 104 valence electrons. The molecule has 1 heteroatoms. The third kappa shape index (κ3) is 3.58. The molecular formula is C19H23N. The minimum absolute atomic E-state index is 0.216. The van der Waals surface area contributed by atoms with Gasteiger partial charge in [0.2, 0.25) is 0 Å². The molecule has 0 heterocycles. The molecule has 2 aromatic rings. The van der Waals surface area contributed by atoms with Gasteiger partial charge in [-0.3, -0.25) is 0 Å². The highest BCUT2D eigenvalue weighted by Crippen LogP contribution is 2.26. The van der Waals surface area contributed by atoms with Gasteiger partial charge in [-0.25, -0.2) is 0 Å². The molecule has 0 aromatic heterocycles. The van der Waals surface area contributed by atoms with Gasteiger partial charge < -0.3 is 5.32 Å². The molecule has 2 aromatic carbocycles. The standard InChI is InChI=1S/C19H23N/c1-14(2)13-20-19(17-8-6-5-7-9-17)18-12-15(3)10-11-16(18)4/h5-12,19-20H,1,13H2,2-4H3. The van der Waals surface area contributed by atoms with E-state index in [1.807, 2.05) is 0 Å². The summed E-state index contributed by atoms with van der Waals surface area (Å²) in [5.74, 6) is 0. The summed E-state index contributed by atoms with van der Waals surface area (Å²) in [6.07, 6.45) is 0. The van der Waals surface area contributed by atoms with Gasteiger partial charge >= 0.3 is 0 Å². The highest BCUT2D eigenvalue weighted by Gasteiger charge is 2.15. The fraction of sp³-hybridized carbons (Fsp3) is 0.263. The first-order valence-corrected chi connectivity index (χ1v) is 7.08. The molecule has 1 unspecified atom stereocenters. The normalized spacial score (nSPS) is 12.2. The second-order valence-corrected chi connectivity index (χ2v) is 5.54. The largest absolute Gasteiger partial charge is 0.302 e. The number of aryl methyl sites for hydroxylation is 2. The van der Waals surface area contributed by atoms with Crippen molar-refractivity contribution in [3.05, 3.63) is 82.9 Å². The molecule has 0 fully saturated rings.